The Balaban J connectivity index is 1.77. The molecule has 0 saturated carbocycles. The van der Waals surface area contributed by atoms with Crippen LogP contribution in [0.2, 0.25) is 0 Å². The largest absolute Gasteiger partial charge is 0.494 e. The fraction of sp³-hybridized carbons (Fsp3) is 0.250. The van der Waals surface area contributed by atoms with E-state index in [4.69, 9.17) is 4.74 Å². The smallest absolute Gasteiger partial charge is 0.270 e. The maximum absolute atomic E-state index is 12.1. The van der Waals surface area contributed by atoms with Crippen molar-refractivity contribution in [3.63, 3.8) is 0 Å². The number of hydrogen-bond donors (Lipinski definition) is 2. The Hall–Kier alpha value is -3.75. The maximum atomic E-state index is 12.1. The first-order valence-electron chi connectivity index (χ1n) is 9.07. The molecule has 0 saturated heterocycles. The van der Waals surface area contributed by atoms with Crippen LogP contribution in [0.25, 0.3) is 0 Å². The average Bonchev–Trinajstić information content (AvgIpc) is 2.73. The second-order valence-corrected chi connectivity index (χ2v) is 6.05. The Morgan fingerprint density at radius 1 is 1.21 bits per heavy atom. The molecule has 0 fully saturated rings. The van der Waals surface area contributed by atoms with Gasteiger partial charge in [-0.2, -0.15) is 5.10 Å². The van der Waals surface area contributed by atoms with Crippen LogP contribution >= 0.6 is 0 Å². The molecule has 2 amide bonds. The molecule has 0 aliphatic heterocycles. The number of carbonyl (C=O) groups is 2. The minimum atomic E-state index is -0.528. The van der Waals surface area contributed by atoms with Gasteiger partial charge < -0.3 is 10.1 Å². The number of hydrogen-bond acceptors (Lipinski definition) is 6. The van der Waals surface area contributed by atoms with Gasteiger partial charge in [0.1, 0.15) is 5.75 Å². The second kappa shape index (κ2) is 11.2. The number of unbranched alkanes of at least 4 members (excludes halogenated alkanes) is 1. The topological polar surface area (TPSA) is 123 Å². The van der Waals surface area contributed by atoms with Crippen molar-refractivity contribution >= 4 is 23.7 Å². The highest BCUT2D eigenvalue weighted by atomic mass is 16.6. The summed E-state index contributed by atoms with van der Waals surface area (Å²) in [6.45, 7) is 2.44. The molecule has 29 heavy (non-hydrogen) atoms. The lowest BCUT2D eigenvalue weighted by Gasteiger charge is -2.07. The van der Waals surface area contributed by atoms with E-state index in [2.05, 4.69) is 22.8 Å². The van der Waals surface area contributed by atoms with Crippen LogP contribution in [0.3, 0.4) is 0 Å². The number of nitro benzene ring substituents is 1. The number of nitro groups is 1. The number of nitrogens with zero attached hydrogens (tertiary/aromatic N) is 2. The molecule has 0 heterocycles. The third kappa shape index (κ3) is 7.41. The molecule has 2 aromatic carbocycles. The van der Waals surface area contributed by atoms with Crippen molar-refractivity contribution < 1.29 is 19.2 Å². The quantitative estimate of drug-likeness (QED) is 0.276. The predicted octanol–water partition coefficient (Wildman–Crippen LogP) is 2.65. The van der Waals surface area contributed by atoms with E-state index in [1.165, 1.54) is 24.4 Å². The van der Waals surface area contributed by atoms with E-state index in [1.807, 2.05) is 0 Å². The van der Waals surface area contributed by atoms with Gasteiger partial charge >= 0.3 is 0 Å². The van der Waals surface area contributed by atoms with Crippen LogP contribution in [0.5, 0.6) is 5.75 Å². The minimum absolute atomic E-state index is 0.0747. The average molecular weight is 398 g/mol. The van der Waals surface area contributed by atoms with E-state index in [0.29, 0.717) is 23.5 Å². The summed E-state index contributed by atoms with van der Waals surface area (Å²) < 4.78 is 5.53. The van der Waals surface area contributed by atoms with E-state index in [9.17, 15) is 19.7 Å². The zero-order valence-corrected chi connectivity index (χ0v) is 16.0. The van der Waals surface area contributed by atoms with Gasteiger partial charge in [-0.1, -0.05) is 25.5 Å². The van der Waals surface area contributed by atoms with Crippen molar-refractivity contribution in [3.8, 4) is 5.75 Å². The minimum Gasteiger partial charge on any atom is -0.494 e. The van der Waals surface area contributed by atoms with Gasteiger partial charge in [-0.05, 0) is 30.7 Å². The van der Waals surface area contributed by atoms with Gasteiger partial charge in [-0.15, -0.1) is 0 Å². The van der Waals surface area contributed by atoms with Crippen molar-refractivity contribution in [2.75, 3.05) is 13.2 Å². The standard InChI is InChI=1S/C20H22N4O5/c1-2-3-11-29-18-9-7-16(8-10-18)20(26)21-14-19(25)23-22-13-15-5-4-6-17(12-15)24(27)28/h4-10,12-13H,2-3,11,14H2,1H3,(H,21,26)(H,23,25)/b22-13-. The van der Waals surface area contributed by atoms with Crippen molar-refractivity contribution in [1.29, 1.82) is 0 Å². The summed E-state index contributed by atoms with van der Waals surface area (Å²) in [6.07, 6.45) is 3.28. The van der Waals surface area contributed by atoms with Gasteiger partial charge in [0.25, 0.3) is 17.5 Å². The molecule has 0 unspecified atom stereocenters. The van der Waals surface area contributed by atoms with E-state index in [0.717, 1.165) is 12.8 Å². The molecule has 0 radical (unpaired) electrons. The molecule has 0 aliphatic rings. The lowest BCUT2D eigenvalue weighted by molar-refractivity contribution is -0.384. The van der Waals surface area contributed by atoms with Gasteiger partial charge in [0.05, 0.1) is 24.3 Å². The summed E-state index contributed by atoms with van der Waals surface area (Å²) in [5.41, 5.74) is 3.04. The van der Waals surface area contributed by atoms with E-state index in [-0.39, 0.29) is 12.2 Å². The third-order valence-electron chi connectivity index (χ3n) is 3.78. The molecule has 0 aliphatic carbocycles. The van der Waals surface area contributed by atoms with Crippen molar-refractivity contribution in [2.24, 2.45) is 5.10 Å². The monoisotopic (exact) mass is 398 g/mol. The Morgan fingerprint density at radius 2 is 1.97 bits per heavy atom. The lowest BCUT2D eigenvalue weighted by Crippen LogP contribution is -2.34. The highest BCUT2D eigenvalue weighted by Crippen LogP contribution is 2.13. The highest BCUT2D eigenvalue weighted by molar-refractivity contribution is 5.96. The summed E-state index contributed by atoms with van der Waals surface area (Å²) in [6, 6.07) is 12.5. The van der Waals surface area contributed by atoms with Crippen LogP contribution in [0.4, 0.5) is 5.69 Å². The lowest BCUT2D eigenvalue weighted by atomic mass is 10.2. The first kappa shape index (κ1) is 21.5. The Labute approximate surface area is 167 Å². The second-order valence-electron chi connectivity index (χ2n) is 6.05. The Bertz CT molecular complexity index is 881. The number of benzene rings is 2. The Morgan fingerprint density at radius 3 is 2.66 bits per heavy atom. The fourth-order valence-corrected chi connectivity index (χ4v) is 2.24. The van der Waals surface area contributed by atoms with E-state index >= 15 is 0 Å². The molecule has 2 rings (SSSR count). The number of nitrogens with one attached hydrogen (secondary N) is 2. The van der Waals surface area contributed by atoms with Crippen LogP contribution in [0.1, 0.15) is 35.7 Å². The first-order chi connectivity index (χ1) is 14.0. The van der Waals surface area contributed by atoms with Crippen molar-refractivity contribution in [1.82, 2.24) is 10.7 Å². The number of amides is 2. The van der Waals surface area contributed by atoms with Crippen LogP contribution in [-0.2, 0) is 4.79 Å². The van der Waals surface area contributed by atoms with Gasteiger partial charge in [0.15, 0.2) is 0 Å². The summed E-state index contributed by atoms with van der Waals surface area (Å²) in [4.78, 5) is 34.1. The Kier molecular flexibility index (Phi) is 8.30. The molecule has 0 bridgehead atoms. The first-order valence-corrected chi connectivity index (χ1v) is 9.07. The maximum Gasteiger partial charge on any atom is 0.270 e. The third-order valence-corrected chi connectivity index (χ3v) is 3.78. The van der Waals surface area contributed by atoms with E-state index in [1.54, 1.807) is 30.3 Å². The summed E-state index contributed by atoms with van der Waals surface area (Å²) in [7, 11) is 0. The summed E-state index contributed by atoms with van der Waals surface area (Å²) in [5, 5.41) is 16.9. The number of rotatable bonds is 10. The van der Waals surface area contributed by atoms with E-state index < -0.39 is 16.7 Å². The number of ether oxygens (including phenoxy) is 1. The van der Waals surface area contributed by atoms with Crippen LogP contribution < -0.4 is 15.5 Å². The molecule has 2 aromatic rings. The number of carbonyl (C=O) groups excluding carboxylic acids is 2. The van der Waals surface area contributed by atoms with Gasteiger partial charge in [-0.3, -0.25) is 19.7 Å². The normalized spacial score (nSPS) is 10.5. The zero-order chi connectivity index (χ0) is 21.1. The van der Waals surface area contributed by atoms with Gasteiger partial charge in [-0.25, -0.2) is 5.43 Å². The molecule has 2 N–H and O–H groups in total. The van der Waals surface area contributed by atoms with Crippen LogP contribution in [0.15, 0.2) is 53.6 Å². The SMILES string of the molecule is CCCCOc1ccc(C(=O)NCC(=O)N/N=C\c2cccc([N+](=O)[O-])c2)cc1. The molecular weight excluding hydrogens is 376 g/mol. The van der Waals surface area contributed by atoms with Crippen molar-refractivity contribution in [3.05, 3.63) is 69.8 Å². The number of non-ortho nitro benzene ring substituents is 1. The van der Waals surface area contributed by atoms with Crippen LogP contribution in [0, 0.1) is 10.1 Å². The molecule has 0 aromatic heterocycles. The number of hydrazone groups is 1. The molecule has 0 spiro atoms. The molecule has 9 nitrogen and oxygen atoms in total. The summed E-state index contributed by atoms with van der Waals surface area (Å²) >= 11 is 0. The predicted molar refractivity (Wildman–Crippen MR) is 108 cm³/mol. The van der Waals surface area contributed by atoms with Crippen LogP contribution in [-0.4, -0.2) is 36.1 Å². The molecule has 152 valence electrons. The fourth-order valence-electron chi connectivity index (χ4n) is 2.24. The highest BCUT2D eigenvalue weighted by Gasteiger charge is 2.08. The molecule has 0 atom stereocenters. The van der Waals surface area contributed by atoms with Gasteiger partial charge in [0, 0.05) is 23.3 Å². The zero-order valence-electron chi connectivity index (χ0n) is 16.0. The molecule has 9 heteroatoms. The summed E-state index contributed by atoms with van der Waals surface area (Å²) in [5.74, 6) is -0.245. The van der Waals surface area contributed by atoms with Crippen molar-refractivity contribution in [2.45, 2.75) is 19.8 Å². The van der Waals surface area contributed by atoms with Gasteiger partial charge in [0.2, 0.25) is 0 Å². The molecular formula is C20H22N4O5.